The highest BCUT2D eigenvalue weighted by molar-refractivity contribution is 5.92. The van der Waals surface area contributed by atoms with Crippen molar-refractivity contribution in [2.45, 2.75) is 76.8 Å². The van der Waals surface area contributed by atoms with Gasteiger partial charge in [0.2, 0.25) is 5.91 Å². The third-order valence-corrected chi connectivity index (χ3v) is 5.20. The van der Waals surface area contributed by atoms with Gasteiger partial charge < -0.3 is 30.5 Å². The van der Waals surface area contributed by atoms with Gasteiger partial charge in [-0.1, -0.05) is 30.3 Å². The number of nitrogens with one attached hydrogen (secondary N) is 2. The zero-order valence-corrected chi connectivity index (χ0v) is 19.4. The molecule has 1 fully saturated rings. The number of hydrogen-bond donors (Lipinski definition) is 4. The lowest BCUT2D eigenvalue weighted by Gasteiger charge is -2.28. The summed E-state index contributed by atoms with van der Waals surface area (Å²) in [6.07, 6.45) is -1.42. The van der Waals surface area contributed by atoms with Crippen LogP contribution in [0, 0.1) is 0 Å². The Balaban J connectivity index is 2.09. The number of nitrogens with zero attached hydrogens (tertiary/aromatic N) is 1. The molecule has 4 N–H and O–H groups in total. The number of alkyl carbamates (subject to hydrolysis) is 1. The average molecular weight is 464 g/mol. The lowest BCUT2D eigenvalue weighted by atomic mass is 10.0. The lowest BCUT2D eigenvalue weighted by molar-refractivity contribution is -0.149. The van der Waals surface area contributed by atoms with Crippen LogP contribution < -0.4 is 10.6 Å². The van der Waals surface area contributed by atoms with E-state index in [1.807, 2.05) is 6.07 Å². The van der Waals surface area contributed by atoms with Crippen LogP contribution in [0.2, 0.25) is 0 Å². The number of rotatable bonds is 8. The Labute approximate surface area is 193 Å². The van der Waals surface area contributed by atoms with Gasteiger partial charge in [0.25, 0.3) is 5.91 Å². The topological polar surface area (TPSA) is 145 Å². The molecular formula is C23H33N3O7. The molecule has 1 saturated heterocycles. The number of aliphatic hydroxyl groups is 1. The van der Waals surface area contributed by atoms with Crippen molar-refractivity contribution < 1.29 is 34.1 Å². The molecule has 0 bridgehead atoms. The fraction of sp³-hybridized carbons (Fsp3) is 0.565. The van der Waals surface area contributed by atoms with Gasteiger partial charge in [-0.3, -0.25) is 9.59 Å². The zero-order valence-electron chi connectivity index (χ0n) is 19.4. The van der Waals surface area contributed by atoms with E-state index in [4.69, 9.17) is 4.74 Å². The van der Waals surface area contributed by atoms with E-state index in [0.29, 0.717) is 12.8 Å². The van der Waals surface area contributed by atoms with Crippen molar-refractivity contribution in [1.82, 2.24) is 15.5 Å². The predicted octanol–water partition coefficient (Wildman–Crippen LogP) is 1.06. The second kappa shape index (κ2) is 11.1. The summed E-state index contributed by atoms with van der Waals surface area (Å²) in [5.74, 6) is -2.50. The first-order valence-corrected chi connectivity index (χ1v) is 10.9. The molecule has 10 heteroatoms. The van der Waals surface area contributed by atoms with Crippen LogP contribution in [0.5, 0.6) is 0 Å². The number of amides is 3. The van der Waals surface area contributed by atoms with Crippen LogP contribution in [-0.4, -0.2) is 75.4 Å². The minimum atomic E-state index is -1.68. The zero-order chi connectivity index (χ0) is 24.8. The highest BCUT2D eigenvalue weighted by atomic mass is 16.6. The van der Waals surface area contributed by atoms with Crippen LogP contribution in [0.3, 0.4) is 0 Å². The van der Waals surface area contributed by atoms with Gasteiger partial charge >= 0.3 is 12.1 Å². The molecule has 2 rings (SSSR count). The molecule has 0 saturated carbocycles. The van der Waals surface area contributed by atoms with Crippen molar-refractivity contribution in [2.75, 3.05) is 6.54 Å². The molecule has 10 nitrogen and oxygen atoms in total. The van der Waals surface area contributed by atoms with Crippen molar-refractivity contribution in [3.8, 4) is 0 Å². The molecule has 3 amide bonds. The van der Waals surface area contributed by atoms with Crippen molar-refractivity contribution in [3.63, 3.8) is 0 Å². The standard InChI is InChI=1S/C23H33N3O7/c1-14(20(29)26-12-8-11-17(26)21(30)31)24-19(28)18(27)16(13-15-9-6-5-7-10-15)25-22(32)33-23(2,3)4/h5-7,9-10,14,16-18,27H,8,11-13H2,1-4H3,(H,24,28)(H,25,32)(H,30,31)/t14-,16-,17-,18-/m0/s1. The summed E-state index contributed by atoms with van der Waals surface area (Å²) in [6, 6.07) is 5.98. The maximum Gasteiger partial charge on any atom is 0.407 e. The molecule has 182 valence electrons. The van der Waals surface area contributed by atoms with Crippen molar-refractivity contribution >= 4 is 23.9 Å². The second-order valence-electron chi connectivity index (χ2n) is 9.15. The third-order valence-electron chi connectivity index (χ3n) is 5.20. The summed E-state index contributed by atoms with van der Waals surface area (Å²) >= 11 is 0. The SMILES string of the molecule is C[C@H](NC(=O)[C@@H](O)[C@H](Cc1ccccc1)NC(=O)OC(C)(C)C)C(=O)N1CCC[C@H]1C(=O)O. The van der Waals surface area contributed by atoms with Gasteiger partial charge in [-0.15, -0.1) is 0 Å². The van der Waals surface area contributed by atoms with Crippen LogP contribution in [0.15, 0.2) is 30.3 Å². The molecule has 0 radical (unpaired) electrons. The first kappa shape index (κ1) is 26.1. The number of carboxylic acids is 1. The van der Waals surface area contributed by atoms with Crippen LogP contribution in [0.25, 0.3) is 0 Å². The molecular weight excluding hydrogens is 430 g/mol. The van der Waals surface area contributed by atoms with E-state index in [-0.39, 0.29) is 13.0 Å². The number of benzene rings is 1. The molecule has 33 heavy (non-hydrogen) atoms. The minimum absolute atomic E-state index is 0.143. The summed E-state index contributed by atoms with van der Waals surface area (Å²) in [4.78, 5) is 50.3. The van der Waals surface area contributed by atoms with Gasteiger partial charge in [0.05, 0.1) is 6.04 Å². The predicted molar refractivity (Wildman–Crippen MR) is 119 cm³/mol. The highest BCUT2D eigenvalue weighted by Gasteiger charge is 2.37. The van der Waals surface area contributed by atoms with Crippen LogP contribution in [0.1, 0.15) is 46.1 Å². The van der Waals surface area contributed by atoms with E-state index in [2.05, 4.69) is 10.6 Å². The van der Waals surface area contributed by atoms with Gasteiger partial charge in [0.15, 0.2) is 6.10 Å². The Bertz CT molecular complexity index is 853. The Morgan fingerprint density at radius 2 is 1.79 bits per heavy atom. The summed E-state index contributed by atoms with van der Waals surface area (Å²) in [5.41, 5.74) is 0.00209. The molecule has 1 aliphatic rings. The van der Waals surface area contributed by atoms with Crippen molar-refractivity contribution in [1.29, 1.82) is 0 Å². The Morgan fingerprint density at radius 1 is 1.15 bits per heavy atom. The molecule has 0 unspecified atom stereocenters. The molecule has 1 aliphatic heterocycles. The largest absolute Gasteiger partial charge is 0.480 e. The van der Waals surface area contributed by atoms with Gasteiger partial charge in [-0.2, -0.15) is 0 Å². The summed E-state index contributed by atoms with van der Waals surface area (Å²) in [7, 11) is 0. The third kappa shape index (κ3) is 7.74. The number of aliphatic hydroxyl groups excluding tert-OH is 1. The lowest BCUT2D eigenvalue weighted by Crippen LogP contribution is -2.56. The number of carbonyl (C=O) groups excluding carboxylic acids is 3. The number of carboxylic acid groups (broad SMARTS) is 1. The van der Waals surface area contributed by atoms with E-state index in [1.165, 1.54) is 11.8 Å². The van der Waals surface area contributed by atoms with Gasteiger partial charge in [-0.25, -0.2) is 9.59 Å². The van der Waals surface area contributed by atoms with Gasteiger partial charge in [0.1, 0.15) is 17.7 Å². The quantitative estimate of drug-likeness (QED) is 0.451. The van der Waals surface area contributed by atoms with E-state index in [9.17, 15) is 29.4 Å². The first-order chi connectivity index (χ1) is 15.4. The van der Waals surface area contributed by atoms with E-state index >= 15 is 0 Å². The Kier molecular flexibility index (Phi) is 8.81. The Hall–Kier alpha value is -3.14. The summed E-state index contributed by atoms with van der Waals surface area (Å²) < 4.78 is 5.25. The number of aliphatic carboxylic acids is 1. The summed E-state index contributed by atoms with van der Waals surface area (Å²) in [6.45, 7) is 6.79. The minimum Gasteiger partial charge on any atom is -0.480 e. The maximum atomic E-state index is 12.7. The fourth-order valence-corrected chi connectivity index (χ4v) is 3.65. The van der Waals surface area contributed by atoms with Gasteiger partial charge in [-0.05, 0) is 52.5 Å². The molecule has 0 aliphatic carbocycles. The van der Waals surface area contributed by atoms with Crippen molar-refractivity contribution in [2.24, 2.45) is 0 Å². The number of ether oxygens (including phenoxy) is 1. The molecule has 1 aromatic rings. The smallest absolute Gasteiger partial charge is 0.407 e. The van der Waals surface area contributed by atoms with E-state index in [1.54, 1.807) is 45.0 Å². The number of likely N-dealkylation sites (tertiary alicyclic amines) is 1. The number of hydrogen-bond acceptors (Lipinski definition) is 6. The molecule has 4 atom stereocenters. The summed E-state index contributed by atoms with van der Waals surface area (Å²) in [5, 5.41) is 25.0. The molecule has 0 spiro atoms. The second-order valence-corrected chi connectivity index (χ2v) is 9.15. The monoisotopic (exact) mass is 463 g/mol. The number of carbonyl (C=O) groups is 4. The van der Waals surface area contributed by atoms with Crippen molar-refractivity contribution in [3.05, 3.63) is 35.9 Å². The van der Waals surface area contributed by atoms with E-state index < -0.39 is 53.7 Å². The molecule has 0 aromatic heterocycles. The maximum absolute atomic E-state index is 12.7. The highest BCUT2D eigenvalue weighted by Crippen LogP contribution is 2.18. The molecule has 1 aromatic carbocycles. The van der Waals surface area contributed by atoms with Crippen LogP contribution >= 0.6 is 0 Å². The van der Waals surface area contributed by atoms with Crippen LogP contribution in [0.4, 0.5) is 4.79 Å². The Morgan fingerprint density at radius 3 is 2.36 bits per heavy atom. The first-order valence-electron chi connectivity index (χ1n) is 10.9. The van der Waals surface area contributed by atoms with E-state index in [0.717, 1.165) is 5.56 Å². The normalized spacial score (nSPS) is 18.7. The van der Waals surface area contributed by atoms with Crippen LogP contribution in [-0.2, 0) is 25.5 Å². The average Bonchev–Trinajstić information content (AvgIpc) is 3.21. The fourth-order valence-electron chi connectivity index (χ4n) is 3.65. The molecule has 1 heterocycles. The van der Waals surface area contributed by atoms with Gasteiger partial charge in [0, 0.05) is 6.54 Å².